The minimum atomic E-state index is 0.241. The topological polar surface area (TPSA) is 52.2 Å². The lowest BCUT2D eigenvalue weighted by atomic mass is 10.1. The Labute approximate surface area is 155 Å². The van der Waals surface area contributed by atoms with Gasteiger partial charge in [0, 0.05) is 71.1 Å². The summed E-state index contributed by atoms with van der Waals surface area (Å²) in [6.07, 6.45) is 2.40. The highest BCUT2D eigenvalue weighted by Gasteiger charge is 2.33. The van der Waals surface area contributed by atoms with Crippen molar-refractivity contribution in [3.63, 3.8) is 0 Å². The molecular weight excluding hydrogens is 330 g/mol. The third kappa shape index (κ3) is 4.16. The van der Waals surface area contributed by atoms with E-state index in [1.807, 2.05) is 17.2 Å². The summed E-state index contributed by atoms with van der Waals surface area (Å²) in [6, 6.07) is 6.79. The van der Waals surface area contributed by atoms with Gasteiger partial charge in [0.05, 0.1) is 19.6 Å². The molecule has 0 radical (unpaired) electrons. The van der Waals surface area contributed by atoms with Crippen LogP contribution in [0.2, 0.25) is 0 Å². The van der Waals surface area contributed by atoms with Crippen LogP contribution < -0.4 is 4.90 Å². The van der Waals surface area contributed by atoms with Gasteiger partial charge in [0.25, 0.3) is 0 Å². The van der Waals surface area contributed by atoms with Crippen LogP contribution in [-0.4, -0.2) is 104 Å². The fourth-order valence-electron chi connectivity index (χ4n) is 4.03. The van der Waals surface area contributed by atoms with Crippen LogP contribution in [0.25, 0.3) is 0 Å². The summed E-state index contributed by atoms with van der Waals surface area (Å²) in [7, 11) is 0. The molecular formula is C19H29N5O2. The average Bonchev–Trinajstić information content (AvgIpc) is 2.86. The molecule has 4 rings (SSSR count). The second-order valence-electron chi connectivity index (χ2n) is 7.37. The maximum absolute atomic E-state index is 12.0. The number of carbonyl (C=O) groups excluding carboxylic acids is 1. The van der Waals surface area contributed by atoms with Gasteiger partial charge in [-0.2, -0.15) is 0 Å². The number of aromatic nitrogens is 1. The van der Waals surface area contributed by atoms with Gasteiger partial charge in [0.2, 0.25) is 5.91 Å². The molecule has 7 nitrogen and oxygen atoms in total. The van der Waals surface area contributed by atoms with Crippen LogP contribution in [0.4, 0.5) is 5.82 Å². The van der Waals surface area contributed by atoms with Crippen molar-refractivity contribution in [2.45, 2.75) is 12.5 Å². The maximum atomic E-state index is 12.0. The number of rotatable bonds is 5. The number of hydrogen-bond acceptors (Lipinski definition) is 6. The van der Waals surface area contributed by atoms with Gasteiger partial charge in [0.1, 0.15) is 5.82 Å². The smallest absolute Gasteiger partial charge is 0.225 e. The number of pyridine rings is 1. The molecule has 3 fully saturated rings. The molecule has 0 unspecified atom stereocenters. The van der Waals surface area contributed by atoms with Crippen molar-refractivity contribution in [1.82, 2.24) is 19.7 Å². The molecule has 0 N–H and O–H groups in total. The van der Waals surface area contributed by atoms with E-state index >= 15 is 0 Å². The number of anilines is 1. The zero-order valence-electron chi connectivity index (χ0n) is 15.4. The van der Waals surface area contributed by atoms with E-state index in [9.17, 15) is 4.79 Å². The first-order valence-electron chi connectivity index (χ1n) is 9.77. The van der Waals surface area contributed by atoms with Gasteiger partial charge in [-0.05, 0) is 12.1 Å². The van der Waals surface area contributed by atoms with Crippen molar-refractivity contribution in [2.75, 3.05) is 77.0 Å². The monoisotopic (exact) mass is 359 g/mol. The van der Waals surface area contributed by atoms with Crippen LogP contribution >= 0.6 is 0 Å². The van der Waals surface area contributed by atoms with Crippen LogP contribution in [0.1, 0.15) is 6.42 Å². The Hall–Kier alpha value is -1.70. The molecule has 7 heteroatoms. The Balaban J connectivity index is 1.16. The SMILES string of the molecule is O=C1CCOCCN1CCN1CC(N2CCN(c3ccccn3)CC2)C1. The van der Waals surface area contributed by atoms with Crippen molar-refractivity contribution in [3.05, 3.63) is 24.4 Å². The van der Waals surface area contributed by atoms with Crippen molar-refractivity contribution < 1.29 is 9.53 Å². The summed E-state index contributed by atoms with van der Waals surface area (Å²) in [5.41, 5.74) is 0. The highest BCUT2D eigenvalue weighted by molar-refractivity contribution is 5.76. The van der Waals surface area contributed by atoms with Crippen molar-refractivity contribution in [1.29, 1.82) is 0 Å². The summed E-state index contributed by atoms with van der Waals surface area (Å²) in [5.74, 6) is 1.33. The fourth-order valence-corrected chi connectivity index (χ4v) is 4.03. The summed E-state index contributed by atoms with van der Waals surface area (Å²) in [4.78, 5) is 25.9. The van der Waals surface area contributed by atoms with E-state index in [-0.39, 0.29) is 5.91 Å². The van der Waals surface area contributed by atoms with Crippen LogP contribution in [0.5, 0.6) is 0 Å². The minimum Gasteiger partial charge on any atom is -0.379 e. The number of ether oxygens (including phenoxy) is 1. The van der Waals surface area contributed by atoms with Gasteiger partial charge in [-0.15, -0.1) is 0 Å². The summed E-state index contributed by atoms with van der Waals surface area (Å²) in [6.45, 7) is 10.4. The number of likely N-dealkylation sites (tertiary alicyclic amines) is 1. The van der Waals surface area contributed by atoms with Crippen LogP contribution in [0, 0.1) is 0 Å². The molecule has 3 aliphatic rings. The van der Waals surface area contributed by atoms with Gasteiger partial charge in [-0.25, -0.2) is 4.98 Å². The zero-order chi connectivity index (χ0) is 17.8. The highest BCUT2D eigenvalue weighted by atomic mass is 16.5. The molecule has 1 aromatic rings. The van der Waals surface area contributed by atoms with Gasteiger partial charge in [-0.1, -0.05) is 6.07 Å². The van der Waals surface area contributed by atoms with E-state index in [4.69, 9.17) is 4.74 Å². The zero-order valence-corrected chi connectivity index (χ0v) is 15.4. The number of amides is 1. The maximum Gasteiger partial charge on any atom is 0.225 e. The second kappa shape index (κ2) is 8.33. The van der Waals surface area contributed by atoms with E-state index in [0.29, 0.717) is 25.7 Å². The third-order valence-electron chi connectivity index (χ3n) is 5.75. The van der Waals surface area contributed by atoms with E-state index in [1.54, 1.807) is 0 Å². The molecule has 0 aromatic carbocycles. The van der Waals surface area contributed by atoms with E-state index < -0.39 is 0 Å². The molecule has 0 atom stereocenters. The first-order valence-corrected chi connectivity index (χ1v) is 9.77. The van der Waals surface area contributed by atoms with Crippen LogP contribution in [-0.2, 0) is 9.53 Å². The largest absolute Gasteiger partial charge is 0.379 e. The Morgan fingerprint density at radius 2 is 1.88 bits per heavy atom. The quantitative estimate of drug-likeness (QED) is 0.745. The highest BCUT2D eigenvalue weighted by Crippen LogP contribution is 2.19. The molecule has 3 saturated heterocycles. The molecule has 0 spiro atoms. The third-order valence-corrected chi connectivity index (χ3v) is 5.75. The van der Waals surface area contributed by atoms with Crippen LogP contribution in [0.3, 0.4) is 0 Å². The lowest BCUT2D eigenvalue weighted by molar-refractivity contribution is -0.130. The van der Waals surface area contributed by atoms with Crippen molar-refractivity contribution in [2.24, 2.45) is 0 Å². The number of piperazine rings is 1. The molecule has 0 bridgehead atoms. The number of hydrogen-bond donors (Lipinski definition) is 0. The number of nitrogens with zero attached hydrogens (tertiary/aromatic N) is 5. The van der Waals surface area contributed by atoms with E-state index in [0.717, 1.165) is 64.7 Å². The predicted molar refractivity (Wildman–Crippen MR) is 100 cm³/mol. The second-order valence-corrected chi connectivity index (χ2v) is 7.37. The van der Waals surface area contributed by atoms with E-state index in [2.05, 4.69) is 31.8 Å². The normalized spacial score (nSPS) is 23.8. The molecule has 1 amide bonds. The minimum absolute atomic E-state index is 0.241. The molecule has 26 heavy (non-hydrogen) atoms. The van der Waals surface area contributed by atoms with Crippen molar-refractivity contribution in [3.8, 4) is 0 Å². The predicted octanol–water partition coefficient (Wildman–Crippen LogP) is 0.137. The molecule has 0 saturated carbocycles. The summed E-state index contributed by atoms with van der Waals surface area (Å²) in [5, 5.41) is 0. The van der Waals surface area contributed by atoms with Crippen LogP contribution in [0.15, 0.2) is 24.4 Å². The lowest BCUT2D eigenvalue weighted by Crippen LogP contribution is -2.63. The Morgan fingerprint density at radius 1 is 1.04 bits per heavy atom. The molecule has 142 valence electrons. The standard InChI is InChI=1S/C19H29N5O2/c25-19-4-13-26-14-12-24(19)7-6-21-15-17(16-21)22-8-10-23(11-9-22)18-3-1-2-5-20-18/h1-3,5,17H,4,6-16H2. The molecule has 1 aromatic heterocycles. The Bertz CT molecular complexity index is 585. The fraction of sp³-hybridized carbons (Fsp3) is 0.684. The lowest BCUT2D eigenvalue weighted by Gasteiger charge is -2.48. The summed E-state index contributed by atoms with van der Waals surface area (Å²) >= 11 is 0. The van der Waals surface area contributed by atoms with E-state index in [1.165, 1.54) is 0 Å². The Morgan fingerprint density at radius 3 is 2.65 bits per heavy atom. The van der Waals surface area contributed by atoms with Gasteiger partial charge in [-0.3, -0.25) is 14.6 Å². The molecule has 0 aliphatic carbocycles. The van der Waals surface area contributed by atoms with Gasteiger partial charge >= 0.3 is 0 Å². The van der Waals surface area contributed by atoms with Crippen molar-refractivity contribution >= 4 is 11.7 Å². The first-order chi connectivity index (χ1) is 12.8. The molecule has 4 heterocycles. The Kier molecular flexibility index (Phi) is 5.67. The first kappa shape index (κ1) is 17.7. The average molecular weight is 359 g/mol. The summed E-state index contributed by atoms with van der Waals surface area (Å²) < 4.78 is 5.39. The van der Waals surface area contributed by atoms with Gasteiger partial charge in [0.15, 0.2) is 0 Å². The molecule has 3 aliphatic heterocycles. The number of carbonyl (C=O) groups is 1. The van der Waals surface area contributed by atoms with Gasteiger partial charge < -0.3 is 14.5 Å².